The van der Waals surface area contributed by atoms with E-state index in [1.165, 1.54) is 37.7 Å². The van der Waals surface area contributed by atoms with Gasteiger partial charge in [0.25, 0.3) is 5.91 Å². The molecule has 1 aliphatic heterocycles. The molecule has 12 heteroatoms. The zero-order valence-corrected chi connectivity index (χ0v) is 22.7. The predicted octanol–water partition coefficient (Wildman–Crippen LogP) is 4.43. The molecule has 42 heavy (non-hydrogen) atoms. The number of primary amides is 1. The summed E-state index contributed by atoms with van der Waals surface area (Å²) in [6.45, 7) is 1.03. The van der Waals surface area contributed by atoms with E-state index in [2.05, 4.69) is 9.97 Å². The second kappa shape index (κ2) is 10.5. The minimum absolute atomic E-state index is 0.0436. The Morgan fingerprint density at radius 1 is 1.05 bits per heavy atom. The number of anilines is 1. The number of imidazole rings is 1. The molecule has 9 nitrogen and oxygen atoms in total. The lowest BCUT2D eigenvalue weighted by atomic mass is 9.95. The highest BCUT2D eigenvalue weighted by atomic mass is 19.1. The molecule has 0 radical (unpaired) electrons. The first kappa shape index (κ1) is 27.2. The maximum atomic E-state index is 16.2. The molecule has 2 aromatic carbocycles. The Morgan fingerprint density at radius 2 is 1.86 bits per heavy atom. The van der Waals surface area contributed by atoms with Crippen LogP contribution >= 0.6 is 0 Å². The summed E-state index contributed by atoms with van der Waals surface area (Å²) in [6, 6.07) is 8.88. The van der Waals surface area contributed by atoms with Gasteiger partial charge >= 0.3 is 0 Å². The van der Waals surface area contributed by atoms with Gasteiger partial charge in [0, 0.05) is 49.7 Å². The number of ether oxygens (including phenoxy) is 1. The van der Waals surface area contributed by atoms with Crippen LogP contribution in [0.1, 0.15) is 16.8 Å². The van der Waals surface area contributed by atoms with Gasteiger partial charge in [-0.05, 0) is 36.8 Å². The number of rotatable bonds is 6. The number of aryl methyl sites for hydroxylation is 1. The van der Waals surface area contributed by atoms with Crippen LogP contribution in [0.3, 0.4) is 0 Å². The van der Waals surface area contributed by atoms with Gasteiger partial charge in [-0.3, -0.25) is 14.8 Å². The topological polar surface area (TPSA) is 125 Å². The van der Waals surface area contributed by atoms with E-state index in [0.717, 1.165) is 12.3 Å². The normalized spacial score (nSPS) is 15.0. The first-order valence-electron chi connectivity index (χ1n) is 13.1. The van der Waals surface area contributed by atoms with E-state index in [-0.39, 0.29) is 28.5 Å². The highest BCUT2D eigenvalue weighted by molar-refractivity contribution is 6.07. The van der Waals surface area contributed by atoms with Crippen molar-refractivity contribution in [2.45, 2.75) is 12.5 Å². The second-order valence-electron chi connectivity index (χ2n) is 10.1. The number of carbonyl (C=O) groups is 1. The van der Waals surface area contributed by atoms with Gasteiger partial charge in [0.1, 0.15) is 28.6 Å². The molecule has 1 atom stereocenters. The van der Waals surface area contributed by atoms with Crippen molar-refractivity contribution in [1.29, 1.82) is 0 Å². The lowest BCUT2D eigenvalue weighted by Crippen LogP contribution is -2.27. The monoisotopic (exact) mass is 573 g/mol. The number of nitrogens with zero attached hydrogens (tertiary/aromatic N) is 5. The van der Waals surface area contributed by atoms with Crippen molar-refractivity contribution in [3.05, 3.63) is 78.0 Å². The smallest absolute Gasteiger partial charge is 0.252 e. The molecule has 0 bridgehead atoms. The van der Waals surface area contributed by atoms with Crippen molar-refractivity contribution in [3.8, 4) is 39.5 Å². The lowest BCUT2D eigenvalue weighted by molar-refractivity contribution is 0.0997. The second-order valence-corrected chi connectivity index (χ2v) is 10.1. The molecular weight excluding hydrogens is 547 g/mol. The predicted molar refractivity (Wildman–Crippen MR) is 152 cm³/mol. The Balaban J connectivity index is 1.63. The molecule has 0 spiro atoms. The van der Waals surface area contributed by atoms with Gasteiger partial charge < -0.3 is 25.7 Å². The zero-order valence-electron chi connectivity index (χ0n) is 22.7. The summed E-state index contributed by atoms with van der Waals surface area (Å²) in [5.74, 6) is -3.07. The molecule has 1 amide bonds. The quantitative estimate of drug-likeness (QED) is 0.308. The Morgan fingerprint density at radius 3 is 2.55 bits per heavy atom. The molecule has 0 saturated carbocycles. The van der Waals surface area contributed by atoms with E-state index in [0.29, 0.717) is 47.6 Å². The van der Waals surface area contributed by atoms with Crippen LogP contribution in [0, 0.1) is 17.5 Å². The molecule has 1 fully saturated rings. The number of hydrogen-bond donors (Lipinski definition) is 2. The molecule has 6 rings (SSSR count). The highest BCUT2D eigenvalue weighted by Crippen LogP contribution is 2.43. The van der Waals surface area contributed by atoms with Crippen LogP contribution in [0.2, 0.25) is 0 Å². The average Bonchev–Trinajstić information content (AvgIpc) is 3.55. The van der Waals surface area contributed by atoms with Crippen molar-refractivity contribution in [2.75, 3.05) is 25.1 Å². The van der Waals surface area contributed by atoms with Crippen LogP contribution in [0.4, 0.5) is 18.9 Å². The van der Waals surface area contributed by atoms with Crippen molar-refractivity contribution in [3.63, 3.8) is 0 Å². The minimum atomic E-state index is -1.09. The third-order valence-corrected chi connectivity index (χ3v) is 7.57. The van der Waals surface area contributed by atoms with Gasteiger partial charge in [-0.15, -0.1) is 0 Å². The van der Waals surface area contributed by atoms with Gasteiger partial charge in [-0.1, -0.05) is 6.07 Å². The van der Waals surface area contributed by atoms with Crippen LogP contribution in [0.25, 0.3) is 44.8 Å². The van der Waals surface area contributed by atoms with Gasteiger partial charge in [-0.2, -0.15) is 0 Å². The summed E-state index contributed by atoms with van der Waals surface area (Å²) >= 11 is 0. The molecular formula is C30H26F3N7O2. The van der Waals surface area contributed by atoms with E-state index in [9.17, 15) is 13.6 Å². The van der Waals surface area contributed by atoms with Gasteiger partial charge in [0.05, 0.1) is 41.2 Å². The Kier molecular flexibility index (Phi) is 6.77. The maximum Gasteiger partial charge on any atom is 0.252 e. The molecule has 0 aliphatic carbocycles. The number of pyridine rings is 2. The number of carbonyl (C=O) groups excluding carboxylic acids is 1. The summed E-state index contributed by atoms with van der Waals surface area (Å²) < 4.78 is 52.8. The first-order chi connectivity index (χ1) is 20.2. The number of aromatic nitrogens is 4. The number of halogens is 3. The molecule has 3 aromatic heterocycles. The van der Waals surface area contributed by atoms with E-state index >= 15 is 4.39 Å². The molecule has 0 unspecified atom stereocenters. The summed E-state index contributed by atoms with van der Waals surface area (Å²) in [5.41, 5.74) is 13.4. The Bertz CT molecular complexity index is 1870. The van der Waals surface area contributed by atoms with Gasteiger partial charge in [0.2, 0.25) is 0 Å². The van der Waals surface area contributed by atoms with Crippen LogP contribution in [0.5, 0.6) is 5.75 Å². The van der Waals surface area contributed by atoms with Crippen molar-refractivity contribution in [1.82, 2.24) is 19.5 Å². The van der Waals surface area contributed by atoms with Crippen LogP contribution in [-0.4, -0.2) is 51.7 Å². The highest BCUT2D eigenvalue weighted by Gasteiger charge is 2.31. The third kappa shape index (κ3) is 4.31. The zero-order chi connectivity index (χ0) is 29.7. The van der Waals surface area contributed by atoms with E-state index in [1.54, 1.807) is 23.7 Å². The number of amides is 1. The lowest BCUT2D eigenvalue weighted by Gasteiger charge is -2.23. The summed E-state index contributed by atoms with van der Waals surface area (Å²) in [5, 5.41) is 0. The molecule has 1 aliphatic rings. The van der Waals surface area contributed by atoms with Crippen molar-refractivity contribution in [2.24, 2.45) is 18.5 Å². The Labute approximate surface area is 238 Å². The number of hydrogen-bond acceptors (Lipinski definition) is 7. The number of nitrogens with two attached hydrogens (primary N) is 2. The standard InChI is InChI=1S/C30H26F3N7O2/c1-39-21-7-6-16(18-12-37-27(25(33)23(18)29(35)41)24-19(31)4-3-5-22(24)42-2)28(40-11-9-15(34)14-40)26(21)38-30(39)17-8-10-36-13-20(17)32/h3-8,10,12-13,15H,9,11,14,34H2,1-2H3,(H2,35,41)/t15-/m0/s1. The van der Waals surface area contributed by atoms with Gasteiger partial charge in [-0.25, -0.2) is 18.2 Å². The summed E-state index contributed by atoms with van der Waals surface area (Å²) in [6.07, 6.45) is 4.57. The van der Waals surface area contributed by atoms with Crippen LogP contribution < -0.4 is 21.1 Å². The Hall–Kier alpha value is -4.97. The van der Waals surface area contributed by atoms with Crippen molar-refractivity contribution < 1.29 is 22.7 Å². The van der Waals surface area contributed by atoms with E-state index < -0.39 is 34.6 Å². The molecule has 1 saturated heterocycles. The number of fused-ring (bicyclic) bond motifs is 1. The van der Waals surface area contributed by atoms with Crippen LogP contribution in [-0.2, 0) is 7.05 Å². The molecule has 5 aromatic rings. The van der Waals surface area contributed by atoms with E-state index in [4.69, 9.17) is 21.2 Å². The van der Waals surface area contributed by atoms with E-state index in [1.807, 2.05) is 4.90 Å². The SMILES string of the molecule is COc1cccc(F)c1-c1ncc(-c2ccc3c(nc(-c4ccncc4F)n3C)c2N2CC[C@H](N)C2)c(C(N)=O)c1F. The van der Waals surface area contributed by atoms with Gasteiger partial charge in [0.15, 0.2) is 11.6 Å². The first-order valence-corrected chi connectivity index (χ1v) is 13.1. The largest absolute Gasteiger partial charge is 0.496 e. The molecule has 4 N–H and O–H groups in total. The van der Waals surface area contributed by atoms with Crippen LogP contribution in [0.15, 0.2) is 55.0 Å². The summed E-state index contributed by atoms with van der Waals surface area (Å²) in [4.78, 5) is 27.7. The fourth-order valence-electron chi connectivity index (χ4n) is 5.58. The third-order valence-electron chi connectivity index (χ3n) is 7.57. The number of methoxy groups -OCH3 is 1. The summed E-state index contributed by atoms with van der Waals surface area (Å²) in [7, 11) is 3.08. The fourth-order valence-corrected chi connectivity index (χ4v) is 5.58. The molecule has 214 valence electrons. The fraction of sp³-hybridized carbons (Fsp3) is 0.200. The maximum absolute atomic E-state index is 16.2. The minimum Gasteiger partial charge on any atom is -0.496 e. The average molecular weight is 574 g/mol. The molecule has 4 heterocycles. The number of benzene rings is 2. The van der Waals surface area contributed by atoms with Crippen molar-refractivity contribution >= 4 is 22.6 Å².